The first kappa shape index (κ1) is 28.0. The van der Waals surface area contributed by atoms with E-state index in [0.29, 0.717) is 12.8 Å². The minimum atomic E-state index is -1.02. The Morgan fingerprint density at radius 3 is 2.62 bits per heavy atom. The monoisotopic (exact) mass is 452 g/mol. The Labute approximate surface area is 191 Å². The van der Waals surface area contributed by atoms with E-state index in [-0.39, 0.29) is 49.4 Å². The van der Waals surface area contributed by atoms with Gasteiger partial charge in [-0.05, 0) is 38.0 Å². The molecule has 1 unspecified atom stereocenters. The van der Waals surface area contributed by atoms with Crippen molar-refractivity contribution in [3.8, 4) is 0 Å². The standard InChI is InChI=1S/C25H40O7/c1-3-4-10-18(2)21(26)13-12-20-19(22(27)17-23(20)28)11-8-6-5-7-9-16-32-25(31)15-14-24(29)30/h6,8,12-13,18-21,23,26,28H,3-5,7,9-11,14-17H2,1-2H3,(H,29,30)/b8-6-,13-12+/t18?,19-,20-,21-,23-/m1/s1. The zero-order valence-electron chi connectivity index (χ0n) is 19.4. The number of aliphatic hydroxyl groups is 2. The average Bonchev–Trinajstić information content (AvgIpc) is 3.02. The molecule has 0 radical (unpaired) electrons. The molecule has 0 saturated heterocycles. The van der Waals surface area contributed by atoms with Gasteiger partial charge < -0.3 is 20.1 Å². The van der Waals surface area contributed by atoms with Crippen LogP contribution in [0.5, 0.6) is 0 Å². The predicted molar refractivity (Wildman–Crippen MR) is 122 cm³/mol. The topological polar surface area (TPSA) is 121 Å². The van der Waals surface area contributed by atoms with Crippen LogP contribution < -0.4 is 0 Å². The highest BCUT2D eigenvalue weighted by Gasteiger charge is 2.39. The zero-order valence-corrected chi connectivity index (χ0v) is 19.4. The van der Waals surface area contributed by atoms with E-state index in [1.54, 1.807) is 6.08 Å². The van der Waals surface area contributed by atoms with Crippen molar-refractivity contribution in [3.05, 3.63) is 24.3 Å². The van der Waals surface area contributed by atoms with Gasteiger partial charge in [-0.15, -0.1) is 0 Å². The SMILES string of the molecule is CCCCC(C)[C@H](O)/C=C/[C@H]1[C@H](O)CC(=O)[C@@H]1C/C=C\CCCCOC(=O)CCC(=O)O. The van der Waals surface area contributed by atoms with E-state index in [0.717, 1.165) is 32.1 Å². The molecule has 1 aliphatic carbocycles. The Morgan fingerprint density at radius 2 is 1.94 bits per heavy atom. The first-order valence-corrected chi connectivity index (χ1v) is 11.9. The number of carboxylic acids is 1. The van der Waals surface area contributed by atoms with Gasteiger partial charge in [0.2, 0.25) is 0 Å². The highest BCUT2D eigenvalue weighted by molar-refractivity contribution is 5.84. The van der Waals surface area contributed by atoms with Gasteiger partial charge in [-0.2, -0.15) is 0 Å². The van der Waals surface area contributed by atoms with Crippen LogP contribution in [-0.4, -0.2) is 51.9 Å². The summed E-state index contributed by atoms with van der Waals surface area (Å²) in [7, 11) is 0. The summed E-state index contributed by atoms with van der Waals surface area (Å²) in [5.74, 6) is -1.86. The number of aliphatic carboxylic acids is 1. The number of carboxylic acid groups (broad SMARTS) is 1. The number of aliphatic hydroxyl groups excluding tert-OH is 2. The highest BCUT2D eigenvalue weighted by Crippen LogP contribution is 2.33. The molecule has 0 spiro atoms. The van der Waals surface area contributed by atoms with Crippen molar-refractivity contribution in [1.29, 1.82) is 0 Å². The number of ether oxygens (including phenoxy) is 1. The molecule has 3 N–H and O–H groups in total. The maximum absolute atomic E-state index is 12.3. The van der Waals surface area contributed by atoms with Gasteiger partial charge in [-0.25, -0.2) is 0 Å². The second-order valence-corrected chi connectivity index (χ2v) is 8.73. The van der Waals surface area contributed by atoms with E-state index in [9.17, 15) is 24.6 Å². The van der Waals surface area contributed by atoms with E-state index in [4.69, 9.17) is 9.84 Å². The minimum Gasteiger partial charge on any atom is -0.481 e. The zero-order chi connectivity index (χ0) is 23.9. The van der Waals surface area contributed by atoms with Gasteiger partial charge in [0, 0.05) is 18.3 Å². The average molecular weight is 453 g/mol. The molecule has 0 bridgehead atoms. The van der Waals surface area contributed by atoms with Gasteiger partial charge in [0.15, 0.2) is 0 Å². The maximum atomic E-state index is 12.3. The van der Waals surface area contributed by atoms with Crippen molar-refractivity contribution < 1.29 is 34.4 Å². The van der Waals surface area contributed by atoms with E-state index >= 15 is 0 Å². The summed E-state index contributed by atoms with van der Waals surface area (Å²) in [5.41, 5.74) is 0. The van der Waals surface area contributed by atoms with Crippen LogP contribution in [0.1, 0.15) is 78.1 Å². The summed E-state index contributed by atoms with van der Waals surface area (Å²) in [6.45, 7) is 4.40. The van der Waals surface area contributed by atoms with Gasteiger partial charge in [-0.1, -0.05) is 51.0 Å². The molecule has 32 heavy (non-hydrogen) atoms. The molecule has 0 heterocycles. The van der Waals surface area contributed by atoms with E-state index in [2.05, 4.69) is 6.92 Å². The Kier molecular flexibility index (Phi) is 13.8. The Hall–Kier alpha value is -1.99. The van der Waals surface area contributed by atoms with Crippen molar-refractivity contribution in [2.45, 2.75) is 90.3 Å². The van der Waals surface area contributed by atoms with Gasteiger partial charge in [-0.3, -0.25) is 14.4 Å². The number of carbonyl (C=O) groups excluding carboxylic acids is 2. The summed E-state index contributed by atoms with van der Waals surface area (Å²) < 4.78 is 4.98. The van der Waals surface area contributed by atoms with Crippen LogP contribution in [0, 0.1) is 17.8 Å². The number of hydrogen-bond acceptors (Lipinski definition) is 6. The first-order chi connectivity index (χ1) is 15.3. The normalized spacial score (nSPS) is 23.1. The minimum absolute atomic E-state index is 0.0543. The lowest BCUT2D eigenvalue weighted by atomic mass is 9.89. The van der Waals surface area contributed by atoms with Gasteiger partial charge >= 0.3 is 11.9 Å². The second-order valence-electron chi connectivity index (χ2n) is 8.73. The van der Waals surface area contributed by atoms with Crippen molar-refractivity contribution in [2.75, 3.05) is 6.61 Å². The summed E-state index contributed by atoms with van der Waals surface area (Å²) in [6.07, 6.45) is 12.0. The molecule has 1 fully saturated rings. The second kappa shape index (κ2) is 15.8. The molecule has 1 rings (SSSR count). The summed E-state index contributed by atoms with van der Waals surface area (Å²) in [4.78, 5) is 34.0. The Balaban J connectivity index is 2.35. The summed E-state index contributed by atoms with van der Waals surface area (Å²) in [6, 6.07) is 0. The van der Waals surface area contributed by atoms with Crippen LogP contribution in [0.4, 0.5) is 0 Å². The third kappa shape index (κ3) is 11.0. The van der Waals surface area contributed by atoms with Gasteiger partial charge in [0.1, 0.15) is 5.78 Å². The van der Waals surface area contributed by atoms with E-state index in [1.807, 2.05) is 25.2 Å². The van der Waals surface area contributed by atoms with Gasteiger partial charge in [0.05, 0.1) is 31.7 Å². The molecule has 7 heteroatoms. The molecule has 0 aliphatic heterocycles. The van der Waals surface area contributed by atoms with Crippen molar-refractivity contribution in [2.24, 2.45) is 17.8 Å². The smallest absolute Gasteiger partial charge is 0.306 e. The lowest BCUT2D eigenvalue weighted by Gasteiger charge is -2.19. The molecule has 182 valence electrons. The molecule has 1 aliphatic rings. The van der Waals surface area contributed by atoms with Gasteiger partial charge in [0.25, 0.3) is 0 Å². The lowest BCUT2D eigenvalue weighted by molar-refractivity contribution is -0.147. The van der Waals surface area contributed by atoms with Crippen LogP contribution >= 0.6 is 0 Å². The largest absolute Gasteiger partial charge is 0.481 e. The first-order valence-electron chi connectivity index (χ1n) is 11.9. The fourth-order valence-electron chi connectivity index (χ4n) is 3.85. The number of unbranched alkanes of at least 4 members (excludes halogenated alkanes) is 3. The number of esters is 1. The van der Waals surface area contributed by atoms with Crippen LogP contribution in [-0.2, 0) is 19.1 Å². The third-order valence-electron chi connectivity index (χ3n) is 5.99. The molecular formula is C25H40O7. The molecule has 0 aromatic heterocycles. The number of ketones is 1. The number of hydrogen-bond donors (Lipinski definition) is 3. The molecule has 7 nitrogen and oxygen atoms in total. The quantitative estimate of drug-likeness (QED) is 0.185. The Bertz CT molecular complexity index is 640. The lowest BCUT2D eigenvalue weighted by Crippen LogP contribution is -2.20. The van der Waals surface area contributed by atoms with E-state index in [1.165, 1.54) is 0 Å². The summed E-state index contributed by atoms with van der Waals surface area (Å²) in [5, 5.41) is 29.1. The third-order valence-corrected chi connectivity index (χ3v) is 5.99. The molecule has 1 saturated carbocycles. The summed E-state index contributed by atoms with van der Waals surface area (Å²) >= 11 is 0. The Morgan fingerprint density at radius 1 is 1.19 bits per heavy atom. The van der Waals surface area contributed by atoms with Crippen molar-refractivity contribution in [3.63, 3.8) is 0 Å². The fourth-order valence-corrected chi connectivity index (χ4v) is 3.85. The van der Waals surface area contributed by atoms with Crippen LogP contribution in [0.15, 0.2) is 24.3 Å². The predicted octanol–water partition coefficient (Wildman–Crippen LogP) is 3.82. The molecule has 0 amide bonds. The van der Waals surface area contributed by atoms with Crippen LogP contribution in [0.2, 0.25) is 0 Å². The van der Waals surface area contributed by atoms with Crippen molar-refractivity contribution in [1.82, 2.24) is 0 Å². The molecule has 5 atom stereocenters. The number of allylic oxidation sites excluding steroid dienone is 2. The fraction of sp³-hybridized carbons (Fsp3) is 0.720. The number of carbonyl (C=O) groups is 3. The van der Waals surface area contributed by atoms with E-state index < -0.39 is 24.1 Å². The molecular weight excluding hydrogens is 412 g/mol. The number of rotatable bonds is 16. The molecule has 0 aromatic rings. The van der Waals surface area contributed by atoms with Crippen LogP contribution in [0.25, 0.3) is 0 Å². The molecule has 0 aromatic carbocycles. The highest BCUT2D eigenvalue weighted by atomic mass is 16.5. The van der Waals surface area contributed by atoms with Crippen molar-refractivity contribution >= 4 is 17.7 Å². The maximum Gasteiger partial charge on any atom is 0.306 e. The number of Topliss-reactive ketones (excluding diaryl/α,β-unsaturated/α-hetero) is 1. The van der Waals surface area contributed by atoms with Crippen LogP contribution in [0.3, 0.4) is 0 Å².